The molecule has 0 aliphatic carbocycles. The molecule has 6 rings (SSSR count). The van der Waals surface area contributed by atoms with Gasteiger partial charge in [-0.05, 0) is 30.7 Å². The van der Waals surface area contributed by atoms with Crippen molar-refractivity contribution in [1.29, 1.82) is 0 Å². The summed E-state index contributed by atoms with van der Waals surface area (Å²) >= 11 is 8.04. The second-order valence-electron chi connectivity index (χ2n) is 9.97. The monoisotopic (exact) mass is 549 g/mol. The molecule has 1 N–H and O–H groups in total. The predicted octanol–water partition coefficient (Wildman–Crippen LogP) is 3.53. The number of aliphatic hydroxyl groups is 1. The number of fused-ring (bicyclic) bond motifs is 2. The van der Waals surface area contributed by atoms with Gasteiger partial charge in [0.25, 0.3) is 5.91 Å². The summed E-state index contributed by atoms with van der Waals surface area (Å²) in [5.41, 5.74) is 1.37. The third kappa shape index (κ3) is 3.81. The van der Waals surface area contributed by atoms with Crippen LogP contribution in [0.25, 0.3) is 0 Å². The van der Waals surface area contributed by atoms with Crippen LogP contribution in [-0.4, -0.2) is 70.0 Å². The van der Waals surface area contributed by atoms with E-state index < -0.39 is 22.6 Å². The standard InChI is InChI=1S/C29H28ClN3O4S/c30-20-11-4-5-12-21(20)32-16-7-14-29-24(27(36)33(17-8-18-34)25(29)28(32)37)23-22(38-29)13-6-15-31(26(23)35)19-9-2-1-3-10-19/h1-7,9-14,22-25,34H,8,15-18H2/t22-,23+,24+,25?,29+/m1/s1. The molecule has 7 nitrogen and oxygen atoms in total. The zero-order chi connectivity index (χ0) is 26.4. The second kappa shape index (κ2) is 9.91. The lowest BCUT2D eigenvalue weighted by atomic mass is 9.78. The highest BCUT2D eigenvalue weighted by Crippen LogP contribution is 2.61. The molecule has 1 unspecified atom stereocenters. The summed E-state index contributed by atoms with van der Waals surface area (Å²) in [4.78, 5) is 47.6. The molecule has 2 fully saturated rings. The van der Waals surface area contributed by atoms with Crippen LogP contribution >= 0.6 is 23.4 Å². The number of carbonyl (C=O) groups is 3. The third-order valence-corrected chi connectivity index (χ3v) is 9.99. The molecule has 4 aliphatic rings. The van der Waals surface area contributed by atoms with E-state index in [0.717, 1.165) is 5.69 Å². The molecule has 4 aliphatic heterocycles. The molecule has 38 heavy (non-hydrogen) atoms. The van der Waals surface area contributed by atoms with E-state index in [0.29, 0.717) is 30.2 Å². The first-order chi connectivity index (χ1) is 18.5. The molecule has 0 saturated carbocycles. The lowest BCUT2D eigenvalue weighted by molar-refractivity contribution is -0.138. The van der Waals surface area contributed by atoms with Gasteiger partial charge in [-0.15, -0.1) is 11.8 Å². The van der Waals surface area contributed by atoms with Gasteiger partial charge in [-0.1, -0.05) is 66.2 Å². The maximum atomic E-state index is 14.3. The smallest absolute Gasteiger partial charge is 0.251 e. The topological polar surface area (TPSA) is 81.2 Å². The lowest BCUT2D eigenvalue weighted by Gasteiger charge is -2.35. The Morgan fingerprint density at radius 1 is 0.921 bits per heavy atom. The van der Waals surface area contributed by atoms with Crippen LogP contribution in [0.4, 0.5) is 11.4 Å². The van der Waals surface area contributed by atoms with Gasteiger partial charge in [0.1, 0.15) is 6.04 Å². The van der Waals surface area contributed by atoms with Gasteiger partial charge in [0.2, 0.25) is 11.8 Å². The predicted molar refractivity (Wildman–Crippen MR) is 149 cm³/mol. The molecular formula is C29H28ClN3O4S. The molecule has 3 amide bonds. The summed E-state index contributed by atoms with van der Waals surface area (Å²) in [6, 6.07) is 15.8. The number of aliphatic hydroxyl groups excluding tert-OH is 1. The van der Waals surface area contributed by atoms with Gasteiger partial charge in [0.05, 0.1) is 27.3 Å². The van der Waals surface area contributed by atoms with Crippen LogP contribution in [0.2, 0.25) is 5.02 Å². The molecule has 2 saturated heterocycles. The SMILES string of the molecule is O=C1[C@@H]2[C@H]3C(=O)N(CCCO)C4C(=O)N(c5ccccc5Cl)CC=C[C@@]43S[C@@H]2C=CCN1c1ccccc1. The van der Waals surface area contributed by atoms with E-state index in [2.05, 4.69) is 0 Å². The fourth-order valence-corrected chi connectivity index (χ4v) is 8.59. The highest BCUT2D eigenvalue weighted by Gasteiger charge is 2.71. The summed E-state index contributed by atoms with van der Waals surface area (Å²) in [6.45, 7) is 0.871. The van der Waals surface area contributed by atoms with E-state index >= 15 is 0 Å². The number of anilines is 2. The van der Waals surface area contributed by atoms with E-state index in [1.165, 1.54) is 0 Å². The molecule has 2 aromatic carbocycles. The number of hydrogen-bond acceptors (Lipinski definition) is 5. The number of nitrogens with zero attached hydrogens (tertiary/aromatic N) is 3. The summed E-state index contributed by atoms with van der Waals surface area (Å²) in [7, 11) is 0. The number of thioether (sulfide) groups is 1. The lowest BCUT2D eigenvalue weighted by Crippen LogP contribution is -2.53. The second-order valence-corrected chi connectivity index (χ2v) is 11.9. The zero-order valence-electron chi connectivity index (χ0n) is 20.7. The minimum absolute atomic E-state index is 0.102. The largest absolute Gasteiger partial charge is 0.396 e. The van der Waals surface area contributed by atoms with Crippen molar-refractivity contribution in [1.82, 2.24) is 4.90 Å². The van der Waals surface area contributed by atoms with Crippen molar-refractivity contribution >= 4 is 52.5 Å². The third-order valence-electron chi connectivity index (χ3n) is 7.93. The maximum absolute atomic E-state index is 14.3. The number of hydrogen-bond donors (Lipinski definition) is 1. The highest BCUT2D eigenvalue weighted by atomic mass is 35.5. The summed E-state index contributed by atoms with van der Waals surface area (Å²) in [5, 5.41) is 9.80. The van der Waals surface area contributed by atoms with Crippen molar-refractivity contribution in [2.75, 3.05) is 36.0 Å². The zero-order valence-corrected chi connectivity index (χ0v) is 22.2. The van der Waals surface area contributed by atoms with Gasteiger partial charge in [0.15, 0.2) is 0 Å². The molecule has 0 radical (unpaired) electrons. The highest BCUT2D eigenvalue weighted by molar-refractivity contribution is 8.02. The van der Waals surface area contributed by atoms with Crippen molar-refractivity contribution in [2.24, 2.45) is 11.8 Å². The molecule has 1 spiro atoms. The first kappa shape index (κ1) is 25.2. The molecular weight excluding hydrogens is 522 g/mol. The van der Waals surface area contributed by atoms with Crippen molar-refractivity contribution in [2.45, 2.75) is 22.5 Å². The molecule has 196 valence electrons. The van der Waals surface area contributed by atoms with Crippen LogP contribution in [0.5, 0.6) is 0 Å². The van der Waals surface area contributed by atoms with Crippen LogP contribution in [0.15, 0.2) is 78.9 Å². The Bertz CT molecular complexity index is 1330. The number of rotatable bonds is 5. The van der Waals surface area contributed by atoms with Crippen LogP contribution in [0.1, 0.15) is 6.42 Å². The normalized spacial score (nSPS) is 30.3. The molecule has 0 bridgehead atoms. The number of carbonyl (C=O) groups excluding carboxylic acids is 3. The van der Waals surface area contributed by atoms with E-state index in [4.69, 9.17) is 11.6 Å². The fourth-order valence-electron chi connectivity index (χ4n) is 6.34. The van der Waals surface area contributed by atoms with Crippen LogP contribution in [-0.2, 0) is 14.4 Å². The Kier molecular flexibility index (Phi) is 6.58. The first-order valence-corrected chi connectivity index (χ1v) is 14.1. The molecule has 0 aromatic heterocycles. The number of para-hydroxylation sites is 2. The Hall–Kier alpha value is -3.07. The van der Waals surface area contributed by atoms with Gasteiger partial charge in [0, 0.05) is 37.2 Å². The maximum Gasteiger partial charge on any atom is 0.251 e. The van der Waals surface area contributed by atoms with E-state index in [1.807, 2.05) is 66.8 Å². The number of amides is 3. The summed E-state index contributed by atoms with van der Waals surface area (Å²) in [6.07, 6.45) is 8.28. The van der Waals surface area contributed by atoms with E-state index in [-0.39, 0.29) is 36.1 Å². The molecule has 2 aromatic rings. The Morgan fingerprint density at radius 3 is 2.42 bits per heavy atom. The van der Waals surface area contributed by atoms with E-state index in [9.17, 15) is 19.5 Å². The van der Waals surface area contributed by atoms with Crippen molar-refractivity contribution in [3.63, 3.8) is 0 Å². The molecule has 5 atom stereocenters. The number of halogens is 1. The van der Waals surface area contributed by atoms with Gasteiger partial charge in [-0.3, -0.25) is 14.4 Å². The minimum atomic E-state index is -0.908. The number of likely N-dealkylation sites (tertiary alicyclic amines) is 1. The molecule has 9 heteroatoms. The first-order valence-electron chi connectivity index (χ1n) is 12.8. The van der Waals surface area contributed by atoms with Gasteiger partial charge >= 0.3 is 0 Å². The summed E-state index contributed by atoms with van der Waals surface area (Å²) < 4.78 is -0.908. The number of benzene rings is 2. The Morgan fingerprint density at radius 2 is 1.66 bits per heavy atom. The minimum Gasteiger partial charge on any atom is -0.396 e. The fraction of sp³-hybridized carbons (Fsp3) is 0.345. The van der Waals surface area contributed by atoms with Crippen molar-refractivity contribution in [3.8, 4) is 0 Å². The van der Waals surface area contributed by atoms with Gasteiger partial charge in [-0.25, -0.2) is 0 Å². The van der Waals surface area contributed by atoms with Crippen LogP contribution in [0.3, 0.4) is 0 Å². The Labute approximate surface area is 230 Å². The molecule has 4 heterocycles. The van der Waals surface area contributed by atoms with Crippen molar-refractivity contribution < 1.29 is 19.5 Å². The Balaban J connectivity index is 1.44. The van der Waals surface area contributed by atoms with Crippen LogP contribution in [0, 0.1) is 11.8 Å². The average Bonchev–Trinajstić information content (AvgIpc) is 3.23. The van der Waals surface area contributed by atoms with Crippen LogP contribution < -0.4 is 9.80 Å². The quantitative estimate of drug-likeness (QED) is 0.577. The van der Waals surface area contributed by atoms with Gasteiger partial charge < -0.3 is 19.8 Å². The van der Waals surface area contributed by atoms with Gasteiger partial charge in [-0.2, -0.15) is 0 Å². The average molecular weight is 550 g/mol. The summed E-state index contributed by atoms with van der Waals surface area (Å²) in [5.74, 6) is -1.85. The van der Waals surface area contributed by atoms with E-state index in [1.54, 1.807) is 38.6 Å². The van der Waals surface area contributed by atoms with Crippen molar-refractivity contribution in [3.05, 3.63) is 83.9 Å².